The summed E-state index contributed by atoms with van der Waals surface area (Å²) in [5.41, 5.74) is 0.311. The second-order valence-corrected chi connectivity index (χ2v) is 4.90. The predicted molar refractivity (Wildman–Crippen MR) is 46.4 cm³/mol. The van der Waals surface area contributed by atoms with Crippen LogP contribution in [0.1, 0.15) is 40.5 Å². The van der Waals surface area contributed by atoms with Crippen LogP contribution in [0.25, 0.3) is 0 Å². The van der Waals surface area contributed by atoms with Gasteiger partial charge in [0, 0.05) is 12.8 Å². The molecule has 0 N–H and O–H groups in total. The molecule has 2 unspecified atom stereocenters. The zero-order valence-electron chi connectivity index (χ0n) is 7.98. The smallest absolute Gasteiger partial charge is 0.133 e. The lowest BCUT2D eigenvalue weighted by Gasteiger charge is -2.29. The molecule has 1 aliphatic rings. The standard InChI is InChI=1S/C10H18O/c1-7-5-8(11)6-9(7)10(2,3)4/h7,9H,5-6H2,1-4H3. The van der Waals surface area contributed by atoms with Gasteiger partial charge >= 0.3 is 0 Å². The molecule has 0 heterocycles. The summed E-state index contributed by atoms with van der Waals surface area (Å²) >= 11 is 0. The van der Waals surface area contributed by atoms with Crippen LogP contribution in [0.15, 0.2) is 0 Å². The van der Waals surface area contributed by atoms with Gasteiger partial charge < -0.3 is 0 Å². The molecule has 0 aromatic carbocycles. The molecule has 0 aliphatic heterocycles. The van der Waals surface area contributed by atoms with Gasteiger partial charge in [-0.2, -0.15) is 0 Å². The summed E-state index contributed by atoms with van der Waals surface area (Å²) in [6.45, 7) is 8.88. The Morgan fingerprint density at radius 3 is 2.00 bits per heavy atom. The van der Waals surface area contributed by atoms with E-state index in [0.717, 1.165) is 12.8 Å². The van der Waals surface area contributed by atoms with Crippen LogP contribution in [0.5, 0.6) is 0 Å². The molecule has 1 heteroatoms. The highest BCUT2D eigenvalue weighted by Crippen LogP contribution is 2.41. The average molecular weight is 154 g/mol. The highest BCUT2D eigenvalue weighted by Gasteiger charge is 2.37. The molecule has 64 valence electrons. The Morgan fingerprint density at radius 1 is 1.27 bits per heavy atom. The molecule has 0 saturated heterocycles. The summed E-state index contributed by atoms with van der Waals surface area (Å²) in [6, 6.07) is 0. The van der Waals surface area contributed by atoms with Crippen LogP contribution >= 0.6 is 0 Å². The van der Waals surface area contributed by atoms with Crippen LogP contribution < -0.4 is 0 Å². The SMILES string of the molecule is CC1CC(=O)CC1C(C)(C)C. The van der Waals surface area contributed by atoms with Gasteiger partial charge in [-0.05, 0) is 17.3 Å². The minimum Gasteiger partial charge on any atom is -0.300 e. The van der Waals surface area contributed by atoms with Crippen molar-refractivity contribution >= 4 is 5.78 Å². The number of hydrogen-bond acceptors (Lipinski definition) is 1. The van der Waals surface area contributed by atoms with E-state index >= 15 is 0 Å². The second kappa shape index (κ2) is 2.62. The van der Waals surface area contributed by atoms with Gasteiger partial charge in [-0.25, -0.2) is 0 Å². The maximum absolute atomic E-state index is 11.1. The van der Waals surface area contributed by atoms with Crippen molar-refractivity contribution in [2.24, 2.45) is 17.3 Å². The van der Waals surface area contributed by atoms with E-state index in [1.54, 1.807) is 0 Å². The molecule has 1 aliphatic carbocycles. The van der Waals surface area contributed by atoms with Gasteiger partial charge in [-0.15, -0.1) is 0 Å². The van der Waals surface area contributed by atoms with E-state index in [9.17, 15) is 4.79 Å². The third kappa shape index (κ3) is 1.82. The number of rotatable bonds is 0. The Hall–Kier alpha value is -0.330. The van der Waals surface area contributed by atoms with Crippen LogP contribution in [-0.2, 0) is 4.79 Å². The Balaban J connectivity index is 2.67. The molecule has 1 fully saturated rings. The minimum absolute atomic E-state index is 0.311. The highest BCUT2D eigenvalue weighted by atomic mass is 16.1. The molecule has 11 heavy (non-hydrogen) atoms. The number of hydrogen-bond donors (Lipinski definition) is 0. The van der Waals surface area contributed by atoms with Crippen LogP contribution in [0.3, 0.4) is 0 Å². The van der Waals surface area contributed by atoms with Gasteiger partial charge in [-0.1, -0.05) is 27.7 Å². The van der Waals surface area contributed by atoms with Crippen molar-refractivity contribution in [3.05, 3.63) is 0 Å². The number of ketones is 1. The summed E-state index contributed by atoms with van der Waals surface area (Å²) in [5.74, 6) is 1.66. The van der Waals surface area contributed by atoms with Crippen molar-refractivity contribution in [3.63, 3.8) is 0 Å². The largest absolute Gasteiger partial charge is 0.300 e. The van der Waals surface area contributed by atoms with Crippen LogP contribution in [0.2, 0.25) is 0 Å². The lowest BCUT2D eigenvalue weighted by atomic mass is 9.75. The molecule has 0 radical (unpaired) electrons. The van der Waals surface area contributed by atoms with E-state index in [0.29, 0.717) is 23.0 Å². The lowest BCUT2D eigenvalue weighted by molar-refractivity contribution is -0.117. The zero-order chi connectivity index (χ0) is 8.65. The fraction of sp³-hybridized carbons (Fsp3) is 0.900. The predicted octanol–water partition coefficient (Wildman–Crippen LogP) is 2.65. The fourth-order valence-electron chi connectivity index (χ4n) is 2.19. The van der Waals surface area contributed by atoms with E-state index in [2.05, 4.69) is 27.7 Å². The molecule has 1 saturated carbocycles. The van der Waals surface area contributed by atoms with Crippen molar-refractivity contribution < 1.29 is 4.79 Å². The third-order valence-corrected chi connectivity index (χ3v) is 2.80. The molecule has 1 nitrogen and oxygen atoms in total. The summed E-state index contributed by atoms with van der Waals surface area (Å²) in [5, 5.41) is 0. The quantitative estimate of drug-likeness (QED) is 0.524. The highest BCUT2D eigenvalue weighted by molar-refractivity contribution is 5.81. The first-order valence-electron chi connectivity index (χ1n) is 4.43. The minimum atomic E-state index is 0.311. The zero-order valence-corrected chi connectivity index (χ0v) is 7.98. The van der Waals surface area contributed by atoms with Crippen molar-refractivity contribution in [1.29, 1.82) is 0 Å². The Morgan fingerprint density at radius 2 is 1.82 bits per heavy atom. The van der Waals surface area contributed by atoms with Gasteiger partial charge in [-0.3, -0.25) is 4.79 Å². The van der Waals surface area contributed by atoms with Crippen molar-refractivity contribution in [2.75, 3.05) is 0 Å². The van der Waals surface area contributed by atoms with Crippen LogP contribution in [0.4, 0.5) is 0 Å². The fourth-order valence-corrected chi connectivity index (χ4v) is 2.19. The second-order valence-electron chi connectivity index (χ2n) is 4.90. The summed E-state index contributed by atoms with van der Waals surface area (Å²) in [6.07, 6.45) is 1.62. The lowest BCUT2D eigenvalue weighted by Crippen LogP contribution is -2.22. The normalized spacial score (nSPS) is 32.9. The number of carbonyl (C=O) groups is 1. The Bertz CT molecular complexity index is 164. The number of carbonyl (C=O) groups excluding carboxylic acids is 1. The van der Waals surface area contributed by atoms with E-state index in [1.165, 1.54) is 0 Å². The first-order valence-corrected chi connectivity index (χ1v) is 4.43. The van der Waals surface area contributed by atoms with Crippen molar-refractivity contribution in [3.8, 4) is 0 Å². The van der Waals surface area contributed by atoms with Gasteiger partial charge in [0.25, 0.3) is 0 Å². The van der Waals surface area contributed by atoms with Crippen LogP contribution in [-0.4, -0.2) is 5.78 Å². The first kappa shape index (κ1) is 8.76. The maximum Gasteiger partial charge on any atom is 0.133 e. The third-order valence-electron chi connectivity index (χ3n) is 2.80. The Labute approximate surface area is 69.2 Å². The molecule has 1 rings (SSSR count). The van der Waals surface area contributed by atoms with Crippen molar-refractivity contribution in [1.82, 2.24) is 0 Å². The van der Waals surface area contributed by atoms with E-state index in [-0.39, 0.29) is 0 Å². The van der Waals surface area contributed by atoms with E-state index in [1.807, 2.05) is 0 Å². The maximum atomic E-state index is 11.1. The van der Waals surface area contributed by atoms with Crippen LogP contribution in [0, 0.1) is 17.3 Å². The average Bonchev–Trinajstić information content (AvgIpc) is 2.08. The molecular formula is C10H18O. The first-order chi connectivity index (χ1) is 4.91. The number of Topliss-reactive ketones (excluding diaryl/α,β-unsaturated/α-hetero) is 1. The Kier molecular flexibility index (Phi) is 2.08. The van der Waals surface area contributed by atoms with Crippen molar-refractivity contribution in [2.45, 2.75) is 40.5 Å². The topological polar surface area (TPSA) is 17.1 Å². The molecule has 2 atom stereocenters. The summed E-state index contributed by atoms with van der Waals surface area (Å²) < 4.78 is 0. The summed E-state index contributed by atoms with van der Waals surface area (Å²) in [7, 11) is 0. The van der Waals surface area contributed by atoms with Gasteiger partial charge in [0.15, 0.2) is 0 Å². The molecule has 0 amide bonds. The van der Waals surface area contributed by atoms with Gasteiger partial charge in [0.1, 0.15) is 5.78 Å². The molecule has 0 bridgehead atoms. The van der Waals surface area contributed by atoms with E-state index in [4.69, 9.17) is 0 Å². The van der Waals surface area contributed by atoms with E-state index < -0.39 is 0 Å². The molecular weight excluding hydrogens is 136 g/mol. The molecule has 0 aromatic heterocycles. The molecule has 0 aromatic rings. The van der Waals surface area contributed by atoms with Gasteiger partial charge in [0.2, 0.25) is 0 Å². The van der Waals surface area contributed by atoms with Gasteiger partial charge in [0.05, 0.1) is 0 Å². The monoisotopic (exact) mass is 154 g/mol. The summed E-state index contributed by atoms with van der Waals surface area (Å²) in [4.78, 5) is 11.1. The molecule has 0 spiro atoms.